The van der Waals surface area contributed by atoms with Crippen LogP contribution in [0, 0.1) is 5.92 Å². The molecule has 0 radical (unpaired) electrons. The van der Waals surface area contributed by atoms with Crippen LogP contribution in [0.5, 0.6) is 0 Å². The second-order valence-corrected chi connectivity index (χ2v) is 7.51. The fraction of sp³-hybridized carbons (Fsp3) is 0.368. The van der Waals surface area contributed by atoms with Crippen LogP contribution in [0.25, 0.3) is 16.8 Å². The Hall–Kier alpha value is -2.36. The van der Waals surface area contributed by atoms with Gasteiger partial charge < -0.3 is 14.2 Å². The lowest BCUT2D eigenvalue weighted by atomic mass is 10.0. The van der Waals surface area contributed by atoms with Crippen LogP contribution in [0.4, 0.5) is 0 Å². The number of thiazole rings is 2. The first-order valence-electron chi connectivity index (χ1n) is 8.36. The second kappa shape index (κ2) is 10.3. The third-order valence-electron chi connectivity index (χ3n) is 3.91. The standard InChI is InChI=1S/C19H22N2O5S2/c1-11(16(25-4)8-17(23)26-5)15(24-3)7-6-13-9-27-19(20-13)14-10-28-18(21-14)12(2)22/h6-11,15H,1-5H3/b7-6+,16-8+. The summed E-state index contributed by atoms with van der Waals surface area (Å²) in [6.07, 6.45) is 4.68. The first-order valence-corrected chi connectivity index (χ1v) is 10.1. The van der Waals surface area contributed by atoms with E-state index in [9.17, 15) is 9.59 Å². The highest BCUT2D eigenvalue weighted by Gasteiger charge is 2.20. The van der Waals surface area contributed by atoms with Gasteiger partial charge in [0.2, 0.25) is 0 Å². The number of carbonyl (C=O) groups is 2. The number of esters is 1. The van der Waals surface area contributed by atoms with Crippen LogP contribution in [0.2, 0.25) is 0 Å². The Bertz CT molecular complexity index is 885. The molecule has 0 amide bonds. The molecular weight excluding hydrogens is 400 g/mol. The Morgan fingerprint density at radius 2 is 1.86 bits per heavy atom. The largest absolute Gasteiger partial charge is 0.500 e. The van der Waals surface area contributed by atoms with E-state index in [1.807, 2.05) is 29.8 Å². The molecule has 0 spiro atoms. The third-order valence-corrected chi connectivity index (χ3v) is 5.74. The van der Waals surface area contributed by atoms with Crippen molar-refractivity contribution in [3.8, 4) is 10.7 Å². The van der Waals surface area contributed by atoms with Gasteiger partial charge in [0.15, 0.2) is 10.8 Å². The highest BCUT2D eigenvalue weighted by molar-refractivity contribution is 7.14. The smallest absolute Gasteiger partial charge is 0.333 e. The number of ketones is 1. The highest BCUT2D eigenvalue weighted by atomic mass is 32.1. The maximum absolute atomic E-state index is 11.5. The monoisotopic (exact) mass is 422 g/mol. The molecule has 0 aliphatic carbocycles. The number of methoxy groups -OCH3 is 3. The van der Waals surface area contributed by atoms with Crippen molar-refractivity contribution >= 4 is 40.5 Å². The van der Waals surface area contributed by atoms with E-state index in [1.165, 1.54) is 49.9 Å². The fourth-order valence-electron chi connectivity index (χ4n) is 2.37. The number of Topliss-reactive ketones (excluding diaryl/α,β-unsaturated/α-hetero) is 1. The van der Waals surface area contributed by atoms with Crippen molar-refractivity contribution in [3.05, 3.63) is 39.4 Å². The van der Waals surface area contributed by atoms with Gasteiger partial charge in [-0.1, -0.05) is 13.0 Å². The van der Waals surface area contributed by atoms with E-state index < -0.39 is 5.97 Å². The van der Waals surface area contributed by atoms with Crippen LogP contribution in [0.1, 0.15) is 29.3 Å². The quantitative estimate of drug-likeness (QED) is 0.263. The number of carbonyl (C=O) groups excluding carboxylic acids is 2. The van der Waals surface area contributed by atoms with Crippen LogP contribution in [0.3, 0.4) is 0 Å². The van der Waals surface area contributed by atoms with Crippen LogP contribution in [-0.2, 0) is 19.0 Å². The van der Waals surface area contributed by atoms with Crippen LogP contribution in [0.15, 0.2) is 28.7 Å². The molecule has 2 aromatic rings. The van der Waals surface area contributed by atoms with Gasteiger partial charge in [0.25, 0.3) is 0 Å². The average Bonchev–Trinajstić information content (AvgIpc) is 3.35. The number of rotatable bonds is 9. The third kappa shape index (κ3) is 5.57. The predicted octanol–water partition coefficient (Wildman–Crippen LogP) is 3.84. The molecule has 2 atom stereocenters. The molecule has 0 fully saturated rings. The summed E-state index contributed by atoms with van der Waals surface area (Å²) in [7, 11) is 4.39. The maximum Gasteiger partial charge on any atom is 0.333 e. The van der Waals surface area contributed by atoms with Crippen molar-refractivity contribution in [2.75, 3.05) is 21.3 Å². The zero-order valence-electron chi connectivity index (χ0n) is 16.3. The van der Waals surface area contributed by atoms with Crippen LogP contribution in [-0.4, -0.2) is 49.2 Å². The number of hydrogen-bond donors (Lipinski definition) is 0. The van der Waals surface area contributed by atoms with Gasteiger partial charge in [-0.15, -0.1) is 22.7 Å². The summed E-state index contributed by atoms with van der Waals surface area (Å²) in [6, 6.07) is 0. The normalized spacial score (nSPS) is 14.1. The summed E-state index contributed by atoms with van der Waals surface area (Å²) in [4.78, 5) is 31.7. The number of nitrogens with zero attached hydrogens (tertiary/aromatic N) is 2. The molecule has 2 heterocycles. The maximum atomic E-state index is 11.5. The Morgan fingerprint density at radius 1 is 1.11 bits per heavy atom. The van der Waals surface area contributed by atoms with E-state index in [4.69, 9.17) is 9.47 Å². The Kier molecular flexibility index (Phi) is 8.04. The predicted molar refractivity (Wildman–Crippen MR) is 109 cm³/mol. The molecule has 150 valence electrons. The molecule has 0 aliphatic rings. The molecule has 0 N–H and O–H groups in total. The summed E-state index contributed by atoms with van der Waals surface area (Å²) >= 11 is 2.76. The van der Waals surface area contributed by atoms with E-state index in [1.54, 1.807) is 7.11 Å². The van der Waals surface area contributed by atoms with Crippen molar-refractivity contribution in [3.63, 3.8) is 0 Å². The first kappa shape index (κ1) is 21.9. The lowest BCUT2D eigenvalue weighted by molar-refractivity contribution is -0.135. The van der Waals surface area contributed by atoms with Crippen molar-refractivity contribution in [2.24, 2.45) is 5.92 Å². The van der Waals surface area contributed by atoms with Gasteiger partial charge in [-0.05, 0) is 6.08 Å². The Balaban J connectivity index is 2.14. The van der Waals surface area contributed by atoms with Crippen molar-refractivity contribution in [1.29, 1.82) is 0 Å². The first-order chi connectivity index (χ1) is 13.4. The molecular formula is C19H22N2O5S2. The number of aromatic nitrogens is 2. The topological polar surface area (TPSA) is 87.6 Å². The second-order valence-electron chi connectivity index (χ2n) is 5.79. The van der Waals surface area contributed by atoms with Gasteiger partial charge in [0.05, 0.1) is 32.1 Å². The van der Waals surface area contributed by atoms with E-state index in [0.717, 1.165) is 10.7 Å². The van der Waals surface area contributed by atoms with Crippen LogP contribution < -0.4 is 0 Å². The number of hydrogen-bond acceptors (Lipinski definition) is 9. The zero-order valence-corrected chi connectivity index (χ0v) is 17.9. The molecule has 0 saturated carbocycles. The van der Waals surface area contributed by atoms with Crippen molar-refractivity contribution in [1.82, 2.24) is 9.97 Å². The molecule has 2 unspecified atom stereocenters. The van der Waals surface area contributed by atoms with Crippen molar-refractivity contribution in [2.45, 2.75) is 20.0 Å². The van der Waals surface area contributed by atoms with E-state index in [2.05, 4.69) is 14.7 Å². The summed E-state index contributed by atoms with van der Waals surface area (Å²) in [6.45, 7) is 3.38. The molecule has 7 nitrogen and oxygen atoms in total. The number of ether oxygens (including phenoxy) is 3. The summed E-state index contributed by atoms with van der Waals surface area (Å²) in [5.41, 5.74) is 1.45. The summed E-state index contributed by atoms with van der Waals surface area (Å²) < 4.78 is 15.5. The van der Waals surface area contributed by atoms with Gasteiger partial charge in [0, 0.05) is 30.7 Å². The molecule has 0 bridgehead atoms. The van der Waals surface area contributed by atoms with Gasteiger partial charge in [-0.25, -0.2) is 14.8 Å². The lowest BCUT2D eigenvalue weighted by Crippen LogP contribution is -2.21. The Labute approximate surface area is 171 Å². The average molecular weight is 423 g/mol. The molecule has 28 heavy (non-hydrogen) atoms. The minimum Gasteiger partial charge on any atom is -0.500 e. The molecule has 0 saturated heterocycles. The van der Waals surface area contributed by atoms with E-state index in [0.29, 0.717) is 16.5 Å². The van der Waals surface area contributed by atoms with E-state index >= 15 is 0 Å². The molecule has 2 aromatic heterocycles. The van der Waals surface area contributed by atoms with Gasteiger partial charge in [-0.2, -0.15) is 0 Å². The molecule has 2 rings (SSSR count). The summed E-state index contributed by atoms with van der Waals surface area (Å²) in [5.74, 6) is -0.291. The van der Waals surface area contributed by atoms with Gasteiger partial charge >= 0.3 is 5.97 Å². The lowest BCUT2D eigenvalue weighted by Gasteiger charge is -2.21. The molecule has 9 heteroatoms. The summed E-state index contributed by atoms with van der Waals surface area (Å²) in [5, 5.41) is 4.94. The molecule has 0 aliphatic heterocycles. The minimum atomic E-state index is -0.486. The minimum absolute atomic E-state index is 0.0567. The van der Waals surface area contributed by atoms with Crippen LogP contribution >= 0.6 is 22.7 Å². The van der Waals surface area contributed by atoms with Gasteiger partial charge in [0.1, 0.15) is 16.5 Å². The fourth-order valence-corrected chi connectivity index (χ4v) is 3.90. The van der Waals surface area contributed by atoms with Gasteiger partial charge in [-0.3, -0.25) is 4.79 Å². The van der Waals surface area contributed by atoms with E-state index in [-0.39, 0.29) is 17.8 Å². The Morgan fingerprint density at radius 3 is 2.43 bits per heavy atom. The van der Waals surface area contributed by atoms with Crippen molar-refractivity contribution < 1.29 is 23.8 Å². The molecule has 0 aromatic carbocycles. The SMILES string of the molecule is COC(=O)/C=C(/OC)C(C)C(/C=C/c1csc(-c2csc(C(C)=O)n2)n1)OC. The highest BCUT2D eigenvalue weighted by Crippen LogP contribution is 2.26. The zero-order chi connectivity index (χ0) is 20.7.